The van der Waals surface area contributed by atoms with Gasteiger partial charge in [0.2, 0.25) is 0 Å². The lowest BCUT2D eigenvalue weighted by Crippen LogP contribution is -2.21. The second kappa shape index (κ2) is 6.53. The van der Waals surface area contributed by atoms with E-state index in [0.717, 1.165) is 35.4 Å². The minimum absolute atomic E-state index is 0.263. The zero-order valence-electron chi connectivity index (χ0n) is 13.7. The molecule has 0 spiro atoms. The summed E-state index contributed by atoms with van der Waals surface area (Å²) in [6.45, 7) is 4.20. The molecule has 1 aliphatic heterocycles. The smallest absolute Gasteiger partial charge is 0.161 e. The number of benzene rings is 2. The molecule has 2 N–H and O–H groups in total. The fourth-order valence-corrected chi connectivity index (χ4v) is 3.19. The molecule has 2 heterocycles. The third-order valence-electron chi connectivity index (χ3n) is 4.48. The lowest BCUT2D eigenvalue weighted by molar-refractivity contribution is 0.171. The first-order chi connectivity index (χ1) is 11.8. The number of hydrogen-bond donors (Lipinski definition) is 2. The van der Waals surface area contributed by atoms with E-state index in [9.17, 15) is 0 Å². The second-order valence-electron chi connectivity index (χ2n) is 6.00. The van der Waals surface area contributed by atoms with Crippen LogP contribution in [0, 0.1) is 0 Å². The Labute approximate surface area is 141 Å². The molecular weight excluding hydrogens is 302 g/mol. The largest absolute Gasteiger partial charge is 0.486 e. The van der Waals surface area contributed by atoms with Crippen LogP contribution in [0.2, 0.25) is 0 Å². The first kappa shape index (κ1) is 15.0. The highest BCUT2D eigenvalue weighted by Gasteiger charge is 2.16. The van der Waals surface area contributed by atoms with Gasteiger partial charge in [-0.2, -0.15) is 5.10 Å². The number of hydrogen-bond acceptors (Lipinski definition) is 4. The van der Waals surface area contributed by atoms with Crippen molar-refractivity contribution in [2.24, 2.45) is 0 Å². The van der Waals surface area contributed by atoms with E-state index in [1.165, 1.54) is 11.1 Å². The van der Waals surface area contributed by atoms with Crippen LogP contribution >= 0.6 is 0 Å². The Morgan fingerprint density at radius 1 is 1.17 bits per heavy atom. The summed E-state index contributed by atoms with van der Waals surface area (Å²) in [6.07, 6.45) is 2.86. The Morgan fingerprint density at radius 2 is 2.04 bits per heavy atom. The van der Waals surface area contributed by atoms with E-state index in [-0.39, 0.29) is 6.04 Å². The predicted octanol–water partition coefficient (Wildman–Crippen LogP) is 3.58. The summed E-state index contributed by atoms with van der Waals surface area (Å²) in [4.78, 5) is 0. The quantitative estimate of drug-likeness (QED) is 0.753. The van der Waals surface area contributed by atoms with Gasteiger partial charge in [-0.05, 0) is 29.7 Å². The Kier molecular flexibility index (Phi) is 4.09. The van der Waals surface area contributed by atoms with Gasteiger partial charge < -0.3 is 14.8 Å². The van der Waals surface area contributed by atoms with E-state index in [2.05, 4.69) is 52.8 Å². The van der Waals surface area contributed by atoms with Gasteiger partial charge in [-0.15, -0.1) is 0 Å². The van der Waals surface area contributed by atoms with Crippen LogP contribution in [0.3, 0.4) is 0 Å². The molecular formula is C19H21N3O2. The van der Waals surface area contributed by atoms with Gasteiger partial charge in [0, 0.05) is 18.0 Å². The molecule has 124 valence electrons. The van der Waals surface area contributed by atoms with Crippen LogP contribution in [0.25, 0.3) is 10.9 Å². The van der Waals surface area contributed by atoms with Gasteiger partial charge in [-0.25, -0.2) is 0 Å². The van der Waals surface area contributed by atoms with Crippen molar-refractivity contribution in [3.8, 4) is 11.5 Å². The molecule has 5 nitrogen and oxygen atoms in total. The molecule has 0 aliphatic carbocycles. The van der Waals surface area contributed by atoms with Crippen LogP contribution < -0.4 is 14.8 Å². The molecule has 3 aromatic rings. The summed E-state index contributed by atoms with van der Waals surface area (Å²) in [6, 6.07) is 12.7. The minimum Gasteiger partial charge on any atom is -0.486 e. The SMILES string of the molecule is CCC(NCc1cccc2cn[nH]c12)c1ccc2c(c1)OCCO2. The molecule has 0 radical (unpaired) electrons. The van der Waals surface area contributed by atoms with Crippen molar-refractivity contribution in [1.82, 2.24) is 15.5 Å². The van der Waals surface area contributed by atoms with E-state index >= 15 is 0 Å². The molecule has 0 fully saturated rings. The van der Waals surface area contributed by atoms with Gasteiger partial charge in [0.15, 0.2) is 11.5 Å². The van der Waals surface area contributed by atoms with Gasteiger partial charge in [-0.1, -0.05) is 31.2 Å². The molecule has 0 bridgehead atoms. The van der Waals surface area contributed by atoms with Crippen molar-refractivity contribution < 1.29 is 9.47 Å². The molecule has 0 amide bonds. The summed E-state index contributed by atoms with van der Waals surface area (Å²) in [5.74, 6) is 1.68. The molecule has 1 aliphatic rings. The molecule has 1 unspecified atom stereocenters. The monoisotopic (exact) mass is 323 g/mol. The number of aromatic amines is 1. The van der Waals surface area contributed by atoms with Crippen molar-refractivity contribution in [3.05, 3.63) is 53.7 Å². The average Bonchev–Trinajstić information content (AvgIpc) is 3.11. The fraction of sp³-hybridized carbons (Fsp3) is 0.316. The summed E-state index contributed by atoms with van der Waals surface area (Å²) in [5, 5.41) is 12.0. The van der Waals surface area contributed by atoms with Gasteiger partial charge in [0.05, 0.1) is 11.7 Å². The minimum atomic E-state index is 0.263. The van der Waals surface area contributed by atoms with Gasteiger partial charge in [-0.3, -0.25) is 5.10 Å². The van der Waals surface area contributed by atoms with Crippen LogP contribution in [-0.4, -0.2) is 23.4 Å². The Balaban J connectivity index is 1.53. The zero-order chi connectivity index (χ0) is 16.4. The van der Waals surface area contributed by atoms with E-state index < -0.39 is 0 Å². The molecule has 24 heavy (non-hydrogen) atoms. The first-order valence-corrected chi connectivity index (χ1v) is 8.39. The highest BCUT2D eigenvalue weighted by atomic mass is 16.6. The number of aromatic nitrogens is 2. The van der Waals surface area contributed by atoms with Crippen LogP contribution in [0.1, 0.15) is 30.5 Å². The van der Waals surface area contributed by atoms with Crippen LogP contribution in [-0.2, 0) is 6.54 Å². The van der Waals surface area contributed by atoms with Crippen molar-refractivity contribution in [1.29, 1.82) is 0 Å². The summed E-state index contributed by atoms with van der Waals surface area (Å²) in [7, 11) is 0. The van der Waals surface area contributed by atoms with E-state index in [1.807, 2.05) is 12.3 Å². The molecule has 0 saturated heterocycles. The number of ether oxygens (including phenoxy) is 2. The topological polar surface area (TPSA) is 59.2 Å². The zero-order valence-corrected chi connectivity index (χ0v) is 13.7. The molecule has 1 aromatic heterocycles. The van der Waals surface area contributed by atoms with E-state index in [1.54, 1.807) is 0 Å². The normalized spacial score (nSPS) is 14.7. The van der Waals surface area contributed by atoms with E-state index in [4.69, 9.17) is 9.47 Å². The molecule has 1 atom stereocenters. The summed E-state index contributed by atoms with van der Waals surface area (Å²) >= 11 is 0. The first-order valence-electron chi connectivity index (χ1n) is 8.39. The lowest BCUT2D eigenvalue weighted by atomic mass is 10.0. The van der Waals surface area contributed by atoms with Gasteiger partial charge in [0.1, 0.15) is 13.2 Å². The van der Waals surface area contributed by atoms with Crippen molar-refractivity contribution in [2.45, 2.75) is 25.9 Å². The second-order valence-corrected chi connectivity index (χ2v) is 6.00. The average molecular weight is 323 g/mol. The highest BCUT2D eigenvalue weighted by Crippen LogP contribution is 2.33. The van der Waals surface area contributed by atoms with E-state index in [0.29, 0.717) is 13.2 Å². The Morgan fingerprint density at radius 3 is 2.92 bits per heavy atom. The third kappa shape index (κ3) is 2.83. The number of H-pyrrole nitrogens is 1. The summed E-state index contributed by atoms with van der Waals surface area (Å²) in [5.41, 5.74) is 3.54. The van der Waals surface area contributed by atoms with Crippen LogP contribution in [0.5, 0.6) is 11.5 Å². The molecule has 5 heteroatoms. The number of fused-ring (bicyclic) bond motifs is 2. The Bertz CT molecular complexity index is 843. The number of nitrogens with one attached hydrogen (secondary N) is 2. The maximum atomic E-state index is 5.70. The molecule has 2 aromatic carbocycles. The van der Waals surface area contributed by atoms with Gasteiger partial charge >= 0.3 is 0 Å². The highest BCUT2D eigenvalue weighted by molar-refractivity contribution is 5.81. The Hall–Kier alpha value is -2.53. The maximum absolute atomic E-state index is 5.70. The number of para-hydroxylation sites is 1. The predicted molar refractivity (Wildman–Crippen MR) is 93.4 cm³/mol. The number of rotatable bonds is 5. The van der Waals surface area contributed by atoms with Crippen LogP contribution in [0.15, 0.2) is 42.6 Å². The maximum Gasteiger partial charge on any atom is 0.161 e. The van der Waals surface area contributed by atoms with Crippen LogP contribution in [0.4, 0.5) is 0 Å². The van der Waals surface area contributed by atoms with Gasteiger partial charge in [0.25, 0.3) is 0 Å². The third-order valence-corrected chi connectivity index (χ3v) is 4.48. The van der Waals surface area contributed by atoms with Crippen molar-refractivity contribution in [3.63, 3.8) is 0 Å². The summed E-state index contributed by atoms with van der Waals surface area (Å²) < 4.78 is 11.3. The van der Waals surface area contributed by atoms with Crippen molar-refractivity contribution >= 4 is 10.9 Å². The molecule has 0 saturated carbocycles. The van der Waals surface area contributed by atoms with Crippen molar-refractivity contribution in [2.75, 3.05) is 13.2 Å². The number of nitrogens with zero attached hydrogens (tertiary/aromatic N) is 1. The lowest BCUT2D eigenvalue weighted by Gasteiger charge is -2.22. The fourth-order valence-electron chi connectivity index (χ4n) is 3.19. The standard InChI is InChI=1S/C19H21N3O2/c1-2-16(13-6-7-17-18(10-13)24-9-8-23-17)20-11-14-4-3-5-15-12-21-22-19(14)15/h3-7,10,12,16,20H,2,8-9,11H2,1H3,(H,21,22). The molecule has 4 rings (SSSR count).